The molecule has 0 aliphatic rings. The maximum atomic E-state index is 14.4. The second-order valence-electron chi connectivity index (χ2n) is 11.8. The van der Waals surface area contributed by atoms with E-state index in [0.29, 0.717) is 18.7 Å². The number of carbonyl (C=O) groups excluding carboxylic acids is 3. The molecule has 2 rings (SSSR count). The number of rotatable bonds is 10. The normalized spacial score (nSPS) is 13.3. The van der Waals surface area contributed by atoms with Gasteiger partial charge in [0.1, 0.15) is 17.7 Å². The Labute approximate surface area is 238 Å². The third kappa shape index (κ3) is 9.92. The van der Waals surface area contributed by atoms with E-state index in [1.165, 1.54) is 0 Å². The monoisotopic (exact) mass is 555 g/mol. The van der Waals surface area contributed by atoms with Gasteiger partial charge in [-0.1, -0.05) is 54.1 Å². The molecule has 39 heavy (non-hydrogen) atoms. The molecule has 0 heterocycles. The predicted octanol–water partition coefficient (Wildman–Crippen LogP) is 5.93. The molecule has 8 heteroatoms. The average molecular weight is 556 g/mol. The summed E-state index contributed by atoms with van der Waals surface area (Å²) in [4.78, 5) is 42.7. The van der Waals surface area contributed by atoms with Crippen LogP contribution in [0.5, 0.6) is 0 Å². The van der Waals surface area contributed by atoms with Gasteiger partial charge in [0.05, 0.1) is 0 Å². The molecule has 7 nitrogen and oxygen atoms in total. The van der Waals surface area contributed by atoms with Crippen LogP contribution in [0.2, 0.25) is 0 Å². The summed E-state index contributed by atoms with van der Waals surface area (Å²) >= 11 is 1.59. The number of nitrogens with zero attached hydrogens (tertiary/aromatic N) is 1. The third-order valence-corrected chi connectivity index (χ3v) is 6.75. The van der Waals surface area contributed by atoms with Gasteiger partial charge in [-0.25, -0.2) is 4.79 Å². The molecule has 0 aromatic heterocycles. The fraction of sp³-hybridized carbons (Fsp3) is 0.516. The van der Waals surface area contributed by atoms with Gasteiger partial charge >= 0.3 is 6.09 Å². The number of hydrogen-bond donors (Lipinski definition) is 2. The summed E-state index contributed by atoms with van der Waals surface area (Å²) in [6, 6.07) is 13.8. The zero-order valence-electron chi connectivity index (χ0n) is 24.9. The number of thioether (sulfide) groups is 1. The number of aryl methyl sites for hydroxylation is 2. The first-order valence-corrected chi connectivity index (χ1v) is 14.7. The first kappa shape index (κ1) is 32.2. The lowest BCUT2D eigenvalue weighted by molar-refractivity contribution is -0.148. The molecule has 2 aromatic rings. The highest BCUT2D eigenvalue weighted by Crippen LogP contribution is 2.33. The van der Waals surface area contributed by atoms with Crippen LogP contribution in [0.3, 0.4) is 0 Å². The van der Waals surface area contributed by atoms with Crippen LogP contribution in [0.15, 0.2) is 48.5 Å². The SMILES string of the molecule is CSCCC(NC(=O)OC(C)(C)C)C(=O)N(C(C(=O)NCc1ccccc1)c1cc(C)ccc1C)C(C)(C)C. The maximum Gasteiger partial charge on any atom is 0.408 e. The van der Waals surface area contributed by atoms with E-state index >= 15 is 0 Å². The van der Waals surface area contributed by atoms with Crippen LogP contribution >= 0.6 is 11.8 Å². The molecule has 0 saturated carbocycles. The van der Waals surface area contributed by atoms with Gasteiger partial charge in [-0.3, -0.25) is 9.59 Å². The Balaban J connectivity index is 2.56. The second-order valence-corrected chi connectivity index (χ2v) is 12.8. The average Bonchev–Trinajstić information content (AvgIpc) is 2.83. The van der Waals surface area contributed by atoms with E-state index < -0.39 is 29.3 Å². The van der Waals surface area contributed by atoms with Gasteiger partial charge in [-0.05, 0) is 90.5 Å². The Kier molecular flexibility index (Phi) is 11.5. The molecule has 2 atom stereocenters. The number of ether oxygens (including phenoxy) is 1. The predicted molar refractivity (Wildman–Crippen MR) is 160 cm³/mol. The fourth-order valence-electron chi connectivity index (χ4n) is 4.29. The van der Waals surface area contributed by atoms with Gasteiger partial charge in [-0.2, -0.15) is 11.8 Å². The lowest BCUT2D eigenvalue weighted by Crippen LogP contribution is -2.58. The lowest BCUT2D eigenvalue weighted by Gasteiger charge is -2.43. The molecule has 0 bridgehead atoms. The van der Waals surface area contributed by atoms with E-state index in [9.17, 15) is 14.4 Å². The van der Waals surface area contributed by atoms with E-state index in [1.54, 1.807) is 37.4 Å². The molecule has 3 amide bonds. The largest absolute Gasteiger partial charge is 0.444 e. The topological polar surface area (TPSA) is 87.7 Å². The Bertz CT molecular complexity index is 1120. The maximum absolute atomic E-state index is 14.4. The number of amides is 3. The van der Waals surface area contributed by atoms with Crippen molar-refractivity contribution < 1.29 is 19.1 Å². The molecule has 0 spiro atoms. The molecule has 0 aliphatic carbocycles. The van der Waals surface area contributed by atoms with E-state index in [1.807, 2.05) is 89.4 Å². The second kappa shape index (κ2) is 13.9. The Morgan fingerprint density at radius 2 is 1.62 bits per heavy atom. The molecule has 214 valence electrons. The summed E-state index contributed by atoms with van der Waals surface area (Å²) < 4.78 is 5.47. The minimum atomic E-state index is -0.904. The number of hydrogen-bond acceptors (Lipinski definition) is 5. The zero-order chi connectivity index (χ0) is 29.4. The first-order valence-electron chi connectivity index (χ1n) is 13.3. The van der Waals surface area contributed by atoms with Crippen molar-refractivity contribution in [2.45, 2.75) is 91.6 Å². The van der Waals surface area contributed by atoms with E-state index in [4.69, 9.17) is 4.74 Å². The number of alkyl carbamates (subject to hydrolysis) is 1. The zero-order valence-corrected chi connectivity index (χ0v) is 25.7. The molecular formula is C31H45N3O4S. The summed E-state index contributed by atoms with van der Waals surface area (Å²) in [7, 11) is 0. The Morgan fingerprint density at radius 1 is 0.974 bits per heavy atom. The van der Waals surface area contributed by atoms with Gasteiger partial charge in [0.2, 0.25) is 11.8 Å². The van der Waals surface area contributed by atoms with E-state index in [-0.39, 0.29) is 11.8 Å². The van der Waals surface area contributed by atoms with Crippen LogP contribution in [-0.4, -0.2) is 52.0 Å². The standard InChI is InChI=1S/C31H45N3O4S/c1-21-15-16-22(2)24(19-21)26(27(35)32-20-23-13-11-10-12-14-23)34(30(3,4)5)28(36)25(17-18-39-9)33-29(37)38-31(6,7)8/h10-16,19,25-26H,17-18,20H2,1-9H3,(H,32,35)(H,33,37). The van der Waals surface area contributed by atoms with Crippen molar-refractivity contribution in [2.75, 3.05) is 12.0 Å². The molecule has 0 fully saturated rings. The van der Waals surface area contributed by atoms with Crippen LogP contribution in [0.4, 0.5) is 4.79 Å². The smallest absolute Gasteiger partial charge is 0.408 e. The number of benzene rings is 2. The van der Waals surface area contributed by atoms with Gasteiger partial charge in [0.15, 0.2) is 0 Å². The molecule has 2 aromatic carbocycles. The highest BCUT2D eigenvalue weighted by molar-refractivity contribution is 7.98. The molecular weight excluding hydrogens is 510 g/mol. The Hall–Kier alpha value is -3.00. The number of carbonyl (C=O) groups is 3. The minimum absolute atomic E-state index is 0.281. The van der Waals surface area contributed by atoms with Gasteiger partial charge < -0.3 is 20.3 Å². The van der Waals surface area contributed by atoms with Crippen molar-refractivity contribution >= 4 is 29.7 Å². The molecule has 0 saturated heterocycles. The summed E-state index contributed by atoms with van der Waals surface area (Å²) in [5.74, 6) is 0.0401. The summed E-state index contributed by atoms with van der Waals surface area (Å²) in [6.07, 6.45) is 1.69. The lowest BCUT2D eigenvalue weighted by atomic mass is 9.91. The van der Waals surface area contributed by atoms with Crippen molar-refractivity contribution in [3.05, 3.63) is 70.8 Å². The molecule has 2 unspecified atom stereocenters. The van der Waals surface area contributed by atoms with Crippen LogP contribution in [0.1, 0.15) is 76.3 Å². The summed E-state index contributed by atoms with van der Waals surface area (Å²) in [6.45, 7) is 15.3. The Morgan fingerprint density at radius 3 is 2.18 bits per heavy atom. The van der Waals surface area contributed by atoms with Crippen LogP contribution < -0.4 is 10.6 Å². The van der Waals surface area contributed by atoms with Crippen molar-refractivity contribution in [2.24, 2.45) is 0 Å². The highest BCUT2D eigenvalue weighted by atomic mass is 32.2. The molecule has 2 N–H and O–H groups in total. The van der Waals surface area contributed by atoms with Gasteiger partial charge in [0, 0.05) is 12.1 Å². The third-order valence-electron chi connectivity index (χ3n) is 6.11. The quantitative estimate of drug-likeness (QED) is 0.379. The van der Waals surface area contributed by atoms with Crippen molar-refractivity contribution in [3.63, 3.8) is 0 Å². The summed E-state index contributed by atoms with van der Waals surface area (Å²) in [5.41, 5.74) is 2.16. The van der Waals surface area contributed by atoms with Crippen LogP contribution in [-0.2, 0) is 20.9 Å². The van der Waals surface area contributed by atoms with Crippen LogP contribution in [0, 0.1) is 13.8 Å². The summed E-state index contributed by atoms with van der Waals surface area (Å²) in [5, 5.41) is 5.85. The van der Waals surface area contributed by atoms with Crippen LogP contribution in [0.25, 0.3) is 0 Å². The van der Waals surface area contributed by atoms with Crippen molar-refractivity contribution in [1.29, 1.82) is 0 Å². The van der Waals surface area contributed by atoms with Crippen molar-refractivity contribution in [3.8, 4) is 0 Å². The van der Waals surface area contributed by atoms with Gasteiger partial charge in [0.25, 0.3) is 0 Å². The highest BCUT2D eigenvalue weighted by Gasteiger charge is 2.42. The number of nitrogens with one attached hydrogen (secondary N) is 2. The first-order chi connectivity index (χ1) is 18.1. The van der Waals surface area contributed by atoms with E-state index in [0.717, 1.165) is 22.3 Å². The fourth-order valence-corrected chi connectivity index (χ4v) is 4.76. The van der Waals surface area contributed by atoms with E-state index in [2.05, 4.69) is 10.6 Å². The molecule has 0 aliphatic heterocycles. The molecule has 0 radical (unpaired) electrons. The van der Waals surface area contributed by atoms with Crippen molar-refractivity contribution in [1.82, 2.24) is 15.5 Å². The minimum Gasteiger partial charge on any atom is -0.444 e. The van der Waals surface area contributed by atoms with Gasteiger partial charge in [-0.15, -0.1) is 0 Å².